The summed E-state index contributed by atoms with van der Waals surface area (Å²) in [4.78, 5) is 21.9. The van der Waals surface area contributed by atoms with Crippen LogP contribution in [0.25, 0.3) is 0 Å². The number of aliphatic carboxylic acids is 1. The standard InChI is InChI=1S/C13H10F6O3/c14-12(15,16)8-4-7(5-9(6-8)13(17,18)19)10(20)2-1-3-11(21)22/h4-6H,1-3H2,(H,21,22). The van der Waals surface area contributed by atoms with Gasteiger partial charge in [-0.25, -0.2) is 0 Å². The van der Waals surface area contributed by atoms with Crippen LogP contribution in [-0.2, 0) is 17.1 Å². The second-order valence-electron chi connectivity index (χ2n) is 4.47. The molecule has 0 spiro atoms. The number of hydrogen-bond donors (Lipinski definition) is 1. The van der Waals surface area contributed by atoms with Crippen molar-refractivity contribution in [2.75, 3.05) is 0 Å². The molecule has 1 aromatic carbocycles. The Morgan fingerprint density at radius 1 is 0.864 bits per heavy atom. The molecule has 0 aromatic heterocycles. The molecule has 0 aliphatic heterocycles. The van der Waals surface area contributed by atoms with Gasteiger partial charge in [-0.3, -0.25) is 9.59 Å². The van der Waals surface area contributed by atoms with Gasteiger partial charge in [0.25, 0.3) is 0 Å². The maximum atomic E-state index is 12.6. The summed E-state index contributed by atoms with van der Waals surface area (Å²) in [5, 5.41) is 8.39. The van der Waals surface area contributed by atoms with Crippen molar-refractivity contribution in [1.82, 2.24) is 0 Å². The van der Waals surface area contributed by atoms with Gasteiger partial charge in [0, 0.05) is 18.4 Å². The largest absolute Gasteiger partial charge is 0.481 e. The molecule has 9 heteroatoms. The van der Waals surface area contributed by atoms with Crippen LogP contribution < -0.4 is 0 Å². The normalized spacial score (nSPS) is 12.3. The number of rotatable bonds is 5. The third kappa shape index (κ3) is 5.05. The van der Waals surface area contributed by atoms with Gasteiger partial charge in [-0.05, 0) is 24.6 Å². The summed E-state index contributed by atoms with van der Waals surface area (Å²) in [6, 6.07) is 0.588. The Hall–Kier alpha value is -2.06. The van der Waals surface area contributed by atoms with Crippen LogP contribution in [-0.4, -0.2) is 16.9 Å². The molecule has 0 saturated heterocycles. The first kappa shape index (κ1) is 18.0. The first-order chi connectivity index (χ1) is 9.91. The first-order valence-electron chi connectivity index (χ1n) is 5.95. The van der Waals surface area contributed by atoms with E-state index in [1.165, 1.54) is 0 Å². The molecule has 1 aromatic rings. The van der Waals surface area contributed by atoms with E-state index in [4.69, 9.17) is 5.11 Å². The maximum Gasteiger partial charge on any atom is 0.416 e. The van der Waals surface area contributed by atoms with Gasteiger partial charge in [0.05, 0.1) is 11.1 Å². The number of Topliss-reactive ketones (excluding diaryl/α,β-unsaturated/α-hetero) is 1. The van der Waals surface area contributed by atoms with Crippen LogP contribution in [0, 0.1) is 0 Å². The quantitative estimate of drug-likeness (QED) is 0.652. The van der Waals surface area contributed by atoms with Crippen LogP contribution in [0.3, 0.4) is 0 Å². The lowest BCUT2D eigenvalue weighted by Crippen LogP contribution is -2.13. The van der Waals surface area contributed by atoms with E-state index >= 15 is 0 Å². The Morgan fingerprint density at radius 3 is 1.68 bits per heavy atom. The Balaban J connectivity index is 3.13. The summed E-state index contributed by atoms with van der Waals surface area (Å²) in [5.41, 5.74) is -3.90. The highest BCUT2D eigenvalue weighted by atomic mass is 19.4. The maximum absolute atomic E-state index is 12.6. The predicted molar refractivity (Wildman–Crippen MR) is 62.3 cm³/mol. The van der Waals surface area contributed by atoms with Crippen molar-refractivity contribution >= 4 is 11.8 Å². The minimum atomic E-state index is -5.03. The molecule has 0 bridgehead atoms. The number of carbonyl (C=O) groups excluding carboxylic acids is 1. The van der Waals surface area contributed by atoms with E-state index in [1.54, 1.807) is 0 Å². The monoisotopic (exact) mass is 328 g/mol. The first-order valence-corrected chi connectivity index (χ1v) is 5.95. The average Bonchev–Trinajstić information content (AvgIpc) is 2.35. The van der Waals surface area contributed by atoms with Crippen molar-refractivity contribution in [1.29, 1.82) is 0 Å². The van der Waals surface area contributed by atoms with Crippen LogP contribution >= 0.6 is 0 Å². The summed E-state index contributed by atoms with van der Waals surface area (Å²) in [6.45, 7) is 0. The molecule has 0 unspecified atom stereocenters. The number of benzene rings is 1. The molecular formula is C13H10F6O3. The zero-order chi connectivity index (χ0) is 17.1. The van der Waals surface area contributed by atoms with Crippen LogP contribution in [0.15, 0.2) is 18.2 Å². The van der Waals surface area contributed by atoms with Crippen molar-refractivity contribution in [3.63, 3.8) is 0 Å². The number of carboxylic acid groups (broad SMARTS) is 1. The Kier molecular flexibility index (Phi) is 5.21. The van der Waals surface area contributed by atoms with Crippen molar-refractivity contribution in [3.05, 3.63) is 34.9 Å². The van der Waals surface area contributed by atoms with E-state index < -0.39 is 53.6 Å². The third-order valence-electron chi connectivity index (χ3n) is 2.70. The van der Waals surface area contributed by atoms with Crippen LogP contribution in [0.1, 0.15) is 40.7 Å². The fourth-order valence-corrected chi connectivity index (χ4v) is 1.66. The van der Waals surface area contributed by atoms with Gasteiger partial charge in [0.1, 0.15) is 0 Å². The average molecular weight is 328 g/mol. The van der Waals surface area contributed by atoms with Crippen molar-refractivity contribution < 1.29 is 41.0 Å². The Bertz CT molecular complexity index is 542. The zero-order valence-electron chi connectivity index (χ0n) is 10.9. The summed E-state index contributed by atoms with van der Waals surface area (Å²) >= 11 is 0. The predicted octanol–water partition coefficient (Wildman–Crippen LogP) is 4.16. The second kappa shape index (κ2) is 6.37. The summed E-state index contributed by atoms with van der Waals surface area (Å²) < 4.78 is 75.6. The van der Waals surface area contributed by atoms with Gasteiger partial charge in [0.15, 0.2) is 5.78 Å². The molecule has 0 amide bonds. The molecule has 0 aliphatic carbocycles. The van der Waals surface area contributed by atoms with Gasteiger partial charge in [-0.1, -0.05) is 0 Å². The summed E-state index contributed by atoms with van der Waals surface area (Å²) in [6.07, 6.45) is -11.1. The molecular weight excluding hydrogens is 318 g/mol. The number of halogens is 6. The van der Waals surface area contributed by atoms with E-state index in [2.05, 4.69) is 0 Å². The number of carboxylic acids is 1. The summed E-state index contributed by atoms with van der Waals surface area (Å²) in [5.74, 6) is -2.19. The van der Waals surface area contributed by atoms with E-state index in [9.17, 15) is 35.9 Å². The number of ketones is 1. The lowest BCUT2D eigenvalue weighted by atomic mass is 9.99. The molecule has 122 valence electrons. The Morgan fingerprint density at radius 2 is 1.32 bits per heavy atom. The van der Waals surface area contributed by atoms with E-state index in [1.807, 2.05) is 0 Å². The highest BCUT2D eigenvalue weighted by Crippen LogP contribution is 2.36. The second-order valence-corrected chi connectivity index (χ2v) is 4.47. The molecule has 0 aliphatic rings. The summed E-state index contributed by atoms with van der Waals surface area (Å²) in [7, 11) is 0. The molecule has 0 saturated carbocycles. The zero-order valence-corrected chi connectivity index (χ0v) is 10.9. The fraction of sp³-hybridized carbons (Fsp3) is 0.385. The van der Waals surface area contributed by atoms with Crippen molar-refractivity contribution in [3.8, 4) is 0 Å². The van der Waals surface area contributed by atoms with E-state index in [-0.39, 0.29) is 12.5 Å². The van der Waals surface area contributed by atoms with Crippen LogP contribution in [0.5, 0.6) is 0 Å². The highest BCUT2D eigenvalue weighted by Gasteiger charge is 2.37. The lowest BCUT2D eigenvalue weighted by Gasteiger charge is -2.13. The molecule has 0 radical (unpaired) electrons. The van der Waals surface area contributed by atoms with Gasteiger partial charge >= 0.3 is 18.3 Å². The SMILES string of the molecule is O=C(O)CCCC(=O)c1cc(C(F)(F)F)cc(C(F)(F)F)c1. The number of hydrogen-bond acceptors (Lipinski definition) is 2. The van der Waals surface area contributed by atoms with E-state index in [0.717, 1.165) is 0 Å². The molecule has 0 heterocycles. The van der Waals surface area contributed by atoms with Crippen LogP contribution in [0.2, 0.25) is 0 Å². The molecule has 1 rings (SSSR count). The minimum absolute atomic E-state index is 0.0754. The smallest absolute Gasteiger partial charge is 0.416 e. The van der Waals surface area contributed by atoms with Gasteiger partial charge in [-0.15, -0.1) is 0 Å². The van der Waals surface area contributed by atoms with Gasteiger partial charge < -0.3 is 5.11 Å². The number of carbonyl (C=O) groups is 2. The molecule has 0 fully saturated rings. The van der Waals surface area contributed by atoms with Gasteiger partial charge in [-0.2, -0.15) is 26.3 Å². The van der Waals surface area contributed by atoms with Crippen molar-refractivity contribution in [2.24, 2.45) is 0 Å². The molecule has 3 nitrogen and oxygen atoms in total. The van der Waals surface area contributed by atoms with Gasteiger partial charge in [0.2, 0.25) is 0 Å². The molecule has 22 heavy (non-hydrogen) atoms. The molecule has 1 N–H and O–H groups in total. The van der Waals surface area contributed by atoms with E-state index in [0.29, 0.717) is 12.1 Å². The van der Waals surface area contributed by atoms with Crippen molar-refractivity contribution in [2.45, 2.75) is 31.6 Å². The lowest BCUT2D eigenvalue weighted by molar-refractivity contribution is -0.143. The topological polar surface area (TPSA) is 54.4 Å². The minimum Gasteiger partial charge on any atom is -0.481 e. The number of alkyl halides is 6. The van der Waals surface area contributed by atoms with Crippen LogP contribution in [0.4, 0.5) is 26.3 Å². The molecule has 0 atom stereocenters. The Labute approximate surface area is 120 Å². The fourth-order valence-electron chi connectivity index (χ4n) is 1.66. The highest BCUT2D eigenvalue weighted by molar-refractivity contribution is 5.96. The third-order valence-corrected chi connectivity index (χ3v) is 2.70.